The number of aliphatic hydroxyl groups excluding tert-OH is 1. The molecule has 1 aliphatic heterocycles. The molecule has 0 bridgehead atoms. The van der Waals surface area contributed by atoms with Crippen LogP contribution in [0, 0.1) is 5.92 Å². The minimum Gasteiger partial charge on any atom is -0.444 e. The zero-order valence-corrected chi connectivity index (χ0v) is 9.56. The number of fused-ring (bicyclic) bond motifs is 1. The minimum absolute atomic E-state index is 0.0244. The number of rotatable bonds is 1. The maximum absolute atomic E-state index is 11.9. The summed E-state index contributed by atoms with van der Waals surface area (Å²) in [4.78, 5) is 13.6. The number of carbonyl (C=O) groups is 1. The molecule has 1 amide bonds. The molecule has 15 heavy (non-hydrogen) atoms. The van der Waals surface area contributed by atoms with Crippen LogP contribution in [0.15, 0.2) is 0 Å². The van der Waals surface area contributed by atoms with E-state index in [-0.39, 0.29) is 18.7 Å². The van der Waals surface area contributed by atoms with E-state index in [0.29, 0.717) is 12.0 Å². The lowest BCUT2D eigenvalue weighted by Gasteiger charge is -2.29. The standard InChI is InChI=1S/C11H19NO3/c1-11(2,3)15-10(14)12-8(6-13)4-7-5-9(7)12/h7-9,13H,4-6H2,1-3H3/t7-,8+,9+/m1/s1. The smallest absolute Gasteiger partial charge is 0.410 e. The van der Waals surface area contributed by atoms with E-state index >= 15 is 0 Å². The highest BCUT2D eigenvalue weighted by atomic mass is 16.6. The van der Waals surface area contributed by atoms with Gasteiger partial charge in [-0.2, -0.15) is 0 Å². The Labute approximate surface area is 90.2 Å². The summed E-state index contributed by atoms with van der Waals surface area (Å²) in [7, 11) is 0. The first-order chi connectivity index (χ1) is 6.92. The number of ether oxygens (including phenoxy) is 1. The summed E-state index contributed by atoms with van der Waals surface area (Å²) < 4.78 is 5.33. The molecule has 4 heteroatoms. The average Bonchev–Trinajstić information content (AvgIpc) is 2.73. The summed E-state index contributed by atoms with van der Waals surface area (Å²) in [6.07, 6.45) is 1.74. The van der Waals surface area contributed by atoms with Gasteiger partial charge in [-0.15, -0.1) is 0 Å². The van der Waals surface area contributed by atoms with E-state index in [1.807, 2.05) is 20.8 Å². The van der Waals surface area contributed by atoms with Crippen molar-refractivity contribution >= 4 is 6.09 Å². The summed E-state index contributed by atoms with van der Waals surface area (Å²) in [5.74, 6) is 0.606. The second kappa shape index (κ2) is 3.37. The number of amides is 1. The molecule has 0 unspecified atom stereocenters. The molecule has 2 aliphatic rings. The van der Waals surface area contributed by atoms with Crippen molar-refractivity contribution in [1.82, 2.24) is 4.90 Å². The van der Waals surface area contributed by atoms with E-state index < -0.39 is 5.60 Å². The number of aliphatic hydroxyl groups is 1. The van der Waals surface area contributed by atoms with Crippen molar-refractivity contribution in [2.75, 3.05) is 6.61 Å². The molecule has 1 heterocycles. The molecular weight excluding hydrogens is 194 g/mol. The van der Waals surface area contributed by atoms with E-state index in [1.54, 1.807) is 4.90 Å². The number of carbonyl (C=O) groups excluding carboxylic acids is 1. The molecule has 0 aromatic carbocycles. The lowest BCUT2D eigenvalue weighted by molar-refractivity contribution is 0.0126. The predicted molar refractivity (Wildman–Crippen MR) is 55.5 cm³/mol. The van der Waals surface area contributed by atoms with Gasteiger partial charge in [-0.05, 0) is 39.5 Å². The fraction of sp³-hybridized carbons (Fsp3) is 0.909. The zero-order chi connectivity index (χ0) is 11.2. The molecule has 0 spiro atoms. The second-order valence-electron chi connectivity index (χ2n) is 5.52. The van der Waals surface area contributed by atoms with Gasteiger partial charge in [0.25, 0.3) is 0 Å². The Hall–Kier alpha value is -0.770. The largest absolute Gasteiger partial charge is 0.444 e. The van der Waals surface area contributed by atoms with Crippen molar-refractivity contribution in [3.05, 3.63) is 0 Å². The Kier molecular flexibility index (Phi) is 2.41. The van der Waals surface area contributed by atoms with Gasteiger partial charge in [-0.1, -0.05) is 0 Å². The number of nitrogens with zero attached hydrogens (tertiary/aromatic N) is 1. The van der Waals surface area contributed by atoms with E-state index in [0.717, 1.165) is 12.8 Å². The molecule has 0 radical (unpaired) electrons. The molecule has 2 fully saturated rings. The molecule has 0 aromatic heterocycles. The van der Waals surface area contributed by atoms with Crippen LogP contribution in [0.3, 0.4) is 0 Å². The number of hydrogen-bond donors (Lipinski definition) is 1. The Morgan fingerprint density at radius 1 is 1.47 bits per heavy atom. The summed E-state index contributed by atoms with van der Waals surface area (Å²) >= 11 is 0. The third-order valence-electron chi connectivity index (χ3n) is 3.03. The van der Waals surface area contributed by atoms with Crippen LogP contribution in [-0.2, 0) is 4.74 Å². The van der Waals surface area contributed by atoms with Gasteiger partial charge in [-0.3, -0.25) is 4.90 Å². The van der Waals surface area contributed by atoms with Gasteiger partial charge in [0.1, 0.15) is 5.60 Å². The van der Waals surface area contributed by atoms with E-state index in [4.69, 9.17) is 4.74 Å². The summed E-state index contributed by atoms with van der Waals surface area (Å²) in [6.45, 7) is 5.63. The first-order valence-corrected chi connectivity index (χ1v) is 5.54. The molecule has 1 N–H and O–H groups in total. The molecule has 2 rings (SSSR count). The van der Waals surface area contributed by atoms with Crippen molar-refractivity contribution in [3.8, 4) is 0 Å². The van der Waals surface area contributed by atoms with Gasteiger partial charge >= 0.3 is 6.09 Å². The summed E-state index contributed by atoms with van der Waals surface area (Å²) in [5.41, 5.74) is -0.454. The van der Waals surface area contributed by atoms with Gasteiger partial charge in [0, 0.05) is 6.04 Å². The lowest BCUT2D eigenvalue weighted by atomic mass is 10.2. The normalized spacial score (nSPS) is 33.9. The van der Waals surface area contributed by atoms with Gasteiger partial charge in [0.2, 0.25) is 0 Å². The average molecular weight is 213 g/mol. The Balaban J connectivity index is 1.99. The number of likely N-dealkylation sites (tertiary alicyclic amines) is 1. The highest BCUT2D eigenvalue weighted by molar-refractivity contribution is 5.70. The molecule has 86 valence electrons. The molecule has 4 nitrogen and oxygen atoms in total. The van der Waals surface area contributed by atoms with Crippen molar-refractivity contribution in [2.24, 2.45) is 5.92 Å². The van der Waals surface area contributed by atoms with Crippen molar-refractivity contribution < 1.29 is 14.6 Å². The lowest BCUT2D eigenvalue weighted by Crippen LogP contribution is -2.43. The maximum Gasteiger partial charge on any atom is 0.410 e. The second-order valence-corrected chi connectivity index (χ2v) is 5.52. The molecular formula is C11H19NO3. The molecule has 0 aromatic rings. The predicted octanol–water partition coefficient (Wildman–Crippen LogP) is 1.38. The van der Waals surface area contributed by atoms with E-state index in [1.165, 1.54) is 0 Å². The third-order valence-corrected chi connectivity index (χ3v) is 3.03. The first kappa shape index (κ1) is 10.7. The van der Waals surface area contributed by atoms with Gasteiger partial charge < -0.3 is 9.84 Å². The topological polar surface area (TPSA) is 49.8 Å². The van der Waals surface area contributed by atoms with Crippen molar-refractivity contribution in [2.45, 2.75) is 51.3 Å². The van der Waals surface area contributed by atoms with Crippen LogP contribution in [0.5, 0.6) is 0 Å². The first-order valence-electron chi connectivity index (χ1n) is 5.54. The Bertz CT molecular complexity index is 271. The van der Waals surface area contributed by atoms with E-state index in [2.05, 4.69) is 0 Å². The fourth-order valence-electron chi connectivity index (χ4n) is 2.32. The number of piperidine rings is 1. The maximum atomic E-state index is 11.9. The molecule has 1 saturated carbocycles. The SMILES string of the molecule is CC(C)(C)OC(=O)N1[C@H](CO)C[C@@H]2C[C@@H]21. The third kappa shape index (κ3) is 2.09. The van der Waals surface area contributed by atoms with Gasteiger partial charge in [0.15, 0.2) is 0 Å². The molecule has 3 atom stereocenters. The molecule has 1 aliphatic carbocycles. The van der Waals surface area contributed by atoms with Crippen LogP contribution in [0.4, 0.5) is 4.79 Å². The van der Waals surface area contributed by atoms with Gasteiger partial charge in [0.05, 0.1) is 12.6 Å². The number of hydrogen-bond acceptors (Lipinski definition) is 3. The van der Waals surface area contributed by atoms with Crippen LogP contribution in [0.25, 0.3) is 0 Å². The zero-order valence-electron chi connectivity index (χ0n) is 9.56. The minimum atomic E-state index is -0.454. The fourth-order valence-corrected chi connectivity index (χ4v) is 2.32. The van der Waals surface area contributed by atoms with Crippen LogP contribution >= 0.6 is 0 Å². The van der Waals surface area contributed by atoms with Crippen LogP contribution < -0.4 is 0 Å². The van der Waals surface area contributed by atoms with Crippen LogP contribution in [-0.4, -0.2) is 40.4 Å². The monoisotopic (exact) mass is 213 g/mol. The van der Waals surface area contributed by atoms with Crippen molar-refractivity contribution in [3.63, 3.8) is 0 Å². The Morgan fingerprint density at radius 3 is 2.67 bits per heavy atom. The van der Waals surface area contributed by atoms with Crippen molar-refractivity contribution in [1.29, 1.82) is 0 Å². The summed E-state index contributed by atoms with van der Waals surface area (Å²) in [6, 6.07) is 0.306. The Morgan fingerprint density at radius 2 is 2.13 bits per heavy atom. The van der Waals surface area contributed by atoms with E-state index in [9.17, 15) is 9.90 Å². The molecule has 1 saturated heterocycles. The van der Waals surface area contributed by atoms with Gasteiger partial charge in [-0.25, -0.2) is 4.79 Å². The van der Waals surface area contributed by atoms with Crippen LogP contribution in [0.2, 0.25) is 0 Å². The van der Waals surface area contributed by atoms with Crippen LogP contribution in [0.1, 0.15) is 33.6 Å². The highest BCUT2D eigenvalue weighted by Crippen LogP contribution is 2.48. The summed E-state index contributed by atoms with van der Waals surface area (Å²) in [5, 5.41) is 9.17. The highest BCUT2D eigenvalue weighted by Gasteiger charge is 2.54. The quantitative estimate of drug-likeness (QED) is 0.715.